The third-order valence-corrected chi connectivity index (χ3v) is 3.67. The number of aliphatic hydroxyl groups excluding tert-OH is 1. The zero-order valence-electron chi connectivity index (χ0n) is 10.1. The smallest absolute Gasteiger partial charge is 0.225 e. The van der Waals surface area contributed by atoms with Gasteiger partial charge in [0.15, 0.2) is 0 Å². The lowest BCUT2D eigenvalue weighted by Crippen LogP contribution is -2.14. The van der Waals surface area contributed by atoms with E-state index >= 15 is 0 Å². The average molecular weight is 289 g/mol. The fraction of sp³-hybridized carbons (Fsp3) is 0.417. The van der Waals surface area contributed by atoms with Crippen molar-refractivity contribution in [2.45, 2.75) is 18.6 Å². The Morgan fingerprint density at radius 3 is 3.00 bits per heavy atom. The number of benzene rings is 1. The lowest BCUT2D eigenvalue weighted by atomic mass is 10.2. The Kier molecular flexibility index (Phi) is 6.32. The molecule has 0 bridgehead atoms. The van der Waals surface area contributed by atoms with Gasteiger partial charge >= 0.3 is 0 Å². The van der Waals surface area contributed by atoms with Crippen LogP contribution in [0.4, 0.5) is 11.4 Å². The standard InChI is InChI=1S/C12H17ClN2O2S/c1-8(7-16)18-5-4-12(17)15-11-6-9(13)2-3-10(11)14/h2-3,6,8,16H,4-5,7,14H2,1H3,(H,15,17). The van der Waals surface area contributed by atoms with E-state index < -0.39 is 0 Å². The topological polar surface area (TPSA) is 75.3 Å². The van der Waals surface area contributed by atoms with Gasteiger partial charge in [0.1, 0.15) is 0 Å². The van der Waals surface area contributed by atoms with Crippen LogP contribution in [0.1, 0.15) is 13.3 Å². The molecule has 0 fully saturated rings. The molecule has 1 aromatic rings. The van der Waals surface area contributed by atoms with E-state index in [0.717, 1.165) is 0 Å². The first kappa shape index (κ1) is 15.1. The summed E-state index contributed by atoms with van der Waals surface area (Å²) in [6, 6.07) is 4.95. The molecule has 0 aliphatic rings. The van der Waals surface area contributed by atoms with E-state index in [9.17, 15) is 4.79 Å². The summed E-state index contributed by atoms with van der Waals surface area (Å²) in [4.78, 5) is 11.7. The van der Waals surface area contributed by atoms with Gasteiger partial charge < -0.3 is 16.2 Å². The minimum absolute atomic E-state index is 0.110. The van der Waals surface area contributed by atoms with Crippen LogP contribution in [0.25, 0.3) is 0 Å². The second-order valence-corrected chi connectivity index (χ2v) is 5.88. The molecule has 1 amide bonds. The number of rotatable bonds is 6. The second-order valence-electron chi connectivity index (χ2n) is 3.89. The number of amides is 1. The maximum atomic E-state index is 11.7. The molecular formula is C12H17ClN2O2S. The minimum Gasteiger partial charge on any atom is -0.397 e. The fourth-order valence-electron chi connectivity index (χ4n) is 1.25. The molecule has 18 heavy (non-hydrogen) atoms. The van der Waals surface area contributed by atoms with Crippen LogP contribution in [0.2, 0.25) is 5.02 Å². The third-order valence-electron chi connectivity index (χ3n) is 2.28. The first-order valence-corrected chi connectivity index (χ1v) is 7.03. The highest BCUT2D eigenvalue weighted by molar-refractivity contribution is 7.99. The summed E-state index contributed by atoms with van der Waals surface area (Å²) in [6.45, 7) is 2.03. The van der Waals surface area contributed by atoms with Crippen LogP contribution in [0, 0.1) is 0 Å². The van der Waals surface area contributed by atoms with Gasteiger partial charge in [-0.2, -0.15) is 11.8 Å². The van der Waals surface area contributed by atoms with E-state index in [0.29, 0.717) is 28.6 Å². The van der Waals surface area contributed by atoms with Crippen LogP contribution in [0.5, 0.6) is 0 Å². The van der Waals surface area contributed by atoms with Crippen LogP contribution in [-0.2, 0) is 4.79 Å². The first-order chi connectivity index (χ1) is 8.52. The zero-order valence-corrected chi connectivity index (χ0v) is 11.7. The largest absolute Gasteiger partial charge is 0.397 e. The van der Waals surface area contributed by atoms with Gasteiger partial charge in [0.25, 0.3) is 0 Å². The van der Waals surface area contributed by atoms with E-state index in [1.807, 2.05) is 6.92 Å². The maximum Gasteiger partial charge on any atom is 0.225 e. The molecule has 1 unspecified atom stereocenters. The van der Waals surface area contributed by atoms with Gasteiger partial charge in [-0.05, 0) is 18.2 Å². The van der Waals surface area contributed by atoms with Gasteiger partial charge in [-0.3, -0.25) is 4.79 Å². The highest BCUT2D eigenvalue weighted by Crippen LogP contribution is 2.23. The van der Waals surface area contributed by atoms with Crippen LogP contribution in [0.15, 0.2) is 18.2 Å². The number of nitrogens with one attached hydrogen (secondary N) is 1. The summed E-state index contributed by atoms with van der Waals surface area (Å²) < 4.78 is 0. The number of hydrogen-bond donors (Lipinski definition) is 3. The van der Waals surface area contributed by atoms with E-state index in [4.69, 9.17) is 22.4 Å². The molecule has 4 N–H and O–H groups in total. The quantitative estimate of drug-likeness (QED) is 0.703. The van der Waals surface area contributed by atoms with Crippen molar-refractivity contribution in [1.29, 1.82) is 0 Å². The predicted molar refractivity (Wildman–Crippen MR) is 78.1 cm³/mol. The number of hydrogen-bond acceptors (Lipinski definition) is 4. The Bertz CT molecular complexity index is 415. The third kappa shape index (κ3) is 5.16. The normalized spacial score (nSPS) is 12.2. The van der Waals surface area contributed by atoms with Crippen molar-refractivity contribution >= 4 is 40.6 Å². The Hall–Kier alpha value is -0.910. The second kappa shape index (κ2) is 7.51. The van der Waals surface area contributed by atoms with Crippen molar-refractivity contribution in [2.24, 2.45) is 0 Å². The number of anilines is 2. The number of halogens is 1. The fourth-order valence-corrected chi connectivity index (χ4v) is 2.24. The molecule has 4 nitrogen and oxygen atoms in total. The Balaban J connectivity index is 2.42. The molecule has 0 spiro atoms. The highest BCUT2D eigenvalue weighted by Gasteiger charge is 2.07. The molecule has 0 aromatic heterocycles. The molecule has 0 aliphatic heterocycles. The summed E-state index contributed by atoms with van der Waals surface area (Å²) in [5.41, 5.74) is 6.75. The van der Waals surface area contributed by atoms with Crippen LogP contribution >= 0.6 is 23.4 Å². The molecule has 0 heterocycles. The van der Waals surface area contributed by atoms with Crippen molar-refractivity contribution in [3.05, 3.63) is 23.2 Å². The molecule has 0 saturated heterocycles. The lowest BCUT2D eigenvalue weighted by Gasteiger charge is -2.10. The Morgan fingerprint density at radius 1 is 1.61 bits per heavy atom. The van der Waals surface area contributed by atoms with Crippen molar-refractivity contribution < 1.29 is 9.90 Å². The summed E-state index contributed by atoms with van der Waals surface area (Å²) in [6.07, 6.45) is 0.376. The number of nitrogen functional groups attached to an aromatic ring is 1. The molecule has 100 valence electrons. The van der Waals surface area contributed by atoms with Crippen LogP contribution < -0.4 is 11.1 Å². The molecule has 6 heteroatoms. The number of thioether (sulfide) groups is 1. The van der Waals surface area contributed by atoms with Crippen LogP contribution in [-0.4, -0.2) is 28.6 Å². The molecule has 1 rings (SSSR count). The number of aliphatic hydroxyl groups is 1. The minimum atomic E-state index is -0.110. The predicted octanol–water partition coefficient (Wildman–Crippen LogP) is 2.36. The molecule has 0 saturated carbocycles. The van der Waals surface area contributed by atoms with Gasteiger partial charge in [0.2, 0.25) is 5.91 Å². The summed E-state index contributed by atoms with van der Waals surface area (Å²) in [5.74, 6) is 0.551. The van der Waals surface area contributed by atoms with Gasteiger partial charge in [-0.25, -0.2) is 0 Å². The summed E-state index contributed by atoms with van der Waals surface area (Å²) >= 11 is 7.38. The maximum absolute atomic E-state index is 11.7. The van der Waals surface area contributed by atoms with E-state index in [2.05, 4.69) is 5.32 Å². The molecule has 0 aliphatic carbocycles. The highest BCUT2D eigenvalue weighted by atomic mass is 35.5. The van der Waals surface area contributed by atoms with E-state index in [1.165, 1.54) is 0 Å². The Labute approximate surface area is 116 Å². The van der Waals surface area contributed by atoms with E-state index in [-0.39, 0.29) is 17.8 Å². The monoisotopic (exact) mass is 288 g/mol. The van der Waals surface area contributed by atoms with Gasteiger partial charge in [-0.15, -0.1) is 0 Å². The van der Waals surface area contributed by atoms with Crippen molar-refractivity contribution in [1.82, 2.24) is 0 Å². The van der Waals surface area contributed by atoms with Crippen molar-refractivity contribution in [2.75, 3.05) is 23.4 Å². The molecule has 0 radical (unpaired) electrons. The molecular weight excluding hydrogens is 272 g/mol. The van der Waals surface area contributed by atoms with Crippen molar-refractivity contribution in [3.8, 4) is 0 Å². The number of nitrogens with two attached hydrogens (primary N) is 1. The van der Waals surface area contributed by atoms with Crippen molar-refractivity contribution in [3.63, 3.8) is 0 Å². The number of carbonyl (C=O) groups excluding carboxylic acids is 1. The van der Waals surface area contributed by atoms with Gasteiger partial charge in [0, 0.05) is 22.4 Å². The van der Waals surface area contributed by atoms with Gasteiger partial charge in [-0.1, -0.05) is 18.5 Å². The Morgan fingerprint density at radius 2 is 2.33 bits per heavy atom. The zero-order chi connectivity index (χ0) is 13.5. The number of carbonyl (C=O) groups is 1. The average Bonchev–Trinajstić information content (AvgIpc) is 2.33. The molecule has 1 atom stereocenters. The lowest BCUT2D eigenvalue weighted by molar-refractivity contribution is -0.115. The first-order valence-electron chi connectivity index (χ1n) is 5.60. The molecule has 1 aromatic carbocycles. The van der Waals surface area contributed by atoms with Gasteiger partial charge in [0.05, 0.1) is 18.0 Å². The van der Waals surface area contributed by atoms with E-state index in [1.54, 1.807) is 30.0 Å². The van der Waals surface area contributed by atoms with Crippen LogP contribution in [0.3, 0.4) is 0 Å². The SMILES string of the molecule is CC(CO)SCCC(=O)Nc1cc(Cl)ccc1N. The summed E-state index contributed by atoms with van der Waals surface area (Å²) in [5, 5.41) is 12.2. The summed E-state index contributed by atoms with van der Waals surface area (Å²) in [7, 11) is 0.